The van der Waals surface area contributed by atoms with E-state index in [1.807, 2.05) is 22.7 Å². The fraction of sp³-hybridized carbons (Fsp3) is 0.393. The fourth-order valence-electron chi connectivity index (χ4n) is 5.34. The molecule has 1 aliphatic heterocycles. The second-order valence-corrected chi connectivity index (χ2v) is 10.2. The Bertz CT molecular complexity index is 1310. The molecule has 3 aromatic rings. The maximum Gasteiger partial charge on any atom is 0.246 e. The number of fused-ring (bicyclic) bond motifs is 2. The Morgan fingerprint density at radius 1 is 1.24 bits per heavy atom. The standard InChI is InChI=1S/C28H30N4OS/c1-3-19-17-21(4-2)30-28-27(19)23(18-29)25(11-12-26(33)31-13-15-34-16-14-31)32(28)24-10-9-20-7-5-6-8-22(20)24/h5-8,11-12,17,24H,3-4,9-10,13-16H2,1-2H3. The van der Waals surface area contributed by atoms with E-state index in [-0.39, 0.29) is 11.9 Å². The summed E-state index contributed by atoms with van der Waals surface area (Å²) in [6.07, 6.45) is 7.17. The number of pyridine rings is 1. The predicted molar refractivity (Wildman–Crippen MR) is 139 cm³/mol. The highest BCUT2D eigenvalue weighted by Gasteiger charge is 2.30. The van der Waals surface area contributed by atoms with Crippen LogP contribution in [0.2, 0.25) is 0 Å². The summed E-state index contributed by atoms with van der Waals surface area (Å²) in [6.45, 7) is 5.80. The Balaban J connectivity index is 1.72. The minimum Gasteiger partial charge on any atom is -0.338 e. The van der Waals surface area contributed by atoms with Gasteiger partial charge in [-0.25, -0.2) is 4.98 Å². The Kier molecular flexibility index (Phi) is 6.47. The topological polar surface area (TPSA) is 61.9 Å². The van der Waals surface area contributed by atoms with Gasteiger partial charge in [0.25, 0.3) is 0 Å². The molecule has 0 saturated carbocycles. The maximum absolute atomic E-state index is 13.0. The monoisotopic (exact) mass is 470 g/mol. The van der Waals surface area contributed by atoms with Crippen LogP contribution in [0.1, 0.15) is 60.0 Å². The number of nitriles is 1. The average Bonchev–Trinajstić information content (AvgIpc) is 3.45. The van der Waals surface area contributed by atoms with Crippen LogP contribution in [0.25, 0.3) is 17.1 Å². The Labute approximate surface area is 205 Å². The van der Waals surface area contributed by atoms with Crippen LogP contribution in [0.4, 0.5) is 0 Å². The lowest BCUT2D eigenvalue weighted by molar-refractivity contribution is -0.125. The van der Waals surface area contributed by atoms with Crippen molar-refractivity contribution >= 4 is 34.8 Å². The summed E-state index contributed by atoms with van der Waals surface area (Å²) in [6, 6.07) is 13.3. The molecular formula is C28H30N4OS. The minimum absolute atomic E-state index is 0.0192. The molecule has 2 aromatic heterocycles. The molecule has 34 heavy (non-hydrogen) atoms. The van der Waals surface area contributed by atoms with E-state index in [4.69, 9.17) is 4.98 Å². The second kappa shape index (κ2) is 9.68. The Hall–Kier alpha value is -3.04. The first kappa shape index (κ1) is 22.7. The molecule has 1 amide bonds. The van der Waals surface area contributed by atoms with E-state index in [2.05, 4.69) is 54.8 Å². The van der Waals surface area contributed by atoms with Gasteiger partial charge in [0.2, 0.25) is 5.91 Å². The van der Waals surface area contributed by atoms with Crippen molar-refractivity contribution in [1.29, 1.82) is 5.26 Å². The molecule has 0 spiro atoms. The van der Waals surface area contributed by atoms with E-state index in [0.717, 1.165) is 78.3 Å². The number of aryl methyl sites for hydroxylation is 3. The molecule has 0 bridgehead atoms. The summed E-state index contributed by atoms with van der Waals surface area (Å²) in [7, 11) is 0. The van der Waals surface area contributed by atoms with E-state index in [1.54, 1.807) is 6.08 Å². The average molecular weight is 471 g/mol. The third-order valence-corrected chi connectivity index (χ3v) is 8.05. The molecule has 6 heteroatoms. The number of rotatable bonds is 5. The molecule has 5 nitrogen and oxygen atoms in total. The highest BCUT2D eigenvalue weighted by molar-refractivity contribution is 7.99. The first-order valence-corrected chi connectivity index (χ1v) is 13.4. The summed E-state index contributed by atoms with van der Waals surface area (Å²) in [5.41, 5.74) is 7.13. The van der Waals surface area contributed by atoms with Crippen LogP contribution in [-0.4, -0.2) is 45.0 Å². The number of nitrogens with zero attached hydrogens (tertiary/aromatic N) is 4. The molecule has 1 aliphatic carbocycles. The van der Waals surface area contributed by atoms with E-state index in [9.17, 15) is 10.1 Å². The van der Waals surface area contributed by atoms with Crippen molar-refractivity contribution in [2.75, 3.05) is 24.6 Å². The summed E-state index contributed by atoms with van der Waals surface area (Å²) < 4.78 is 2.24. The number of hydrogen-bond acceptors (Lipinski definition) is 4. The highest BCUT2D eigenvalue weighted by Crippen LogP contribution is 2.40. The van der Waals surface area contributed by atoms with Crippen LogP contribution >= 0.6 is 11.8 Å². The summed E-state index contributed by atoms with van der Waals surface area (Å²) in [5.74, 6) is 1.97. The summed E-state index contributed by atoms with van der Waals surface area (Å²) in [4.78, 5) is 19.9. The summed E-state index contributed by atoms with van der Waals surface area (Å²) >= 11 is 1.89. The van der Waals surface area contributed by atoms with Gasteiger partial charge in [-0.05, 0) is 54.5 Å². The van der Waals surface area contributed by atoms with E-state index < -0.39 is 0 Å². The maximum atomic E-state index is 13.0. The number of amides is 1. The van der Waals surface area contributed by atoms with Crippen LogP contribution in [0.3, 0.4) is 0 Å². The van der Waals surface area contributed by atoms with E-state index in [1.165, 1.54) is 11.1 Å². The number of carbonyl (C=O) groups excluding carboxylic acids is 1. The third-order valence-electron chi connectivity index (χ3n) is 7.10. The van der Waals surface area contributed by atoms with Gasteiger partial charge in [-0.2, -0.15) is 17.0 Å². The molecule has 2 aliphatic rings. The molecule has 1 fully saturated rings. The third kappa shape index (κ3) is 3.92. The molecule has 1 unspecified atom stereocenters. The van der Waals surface area contributed by atoms with E-state index >= 15 is 0 Å². The van der Waals surface area contributed by atoms with Crippen LogP contribution < -0.4 is 0 Å². The number of carbonyl (C=O) groups is 1. The number of benzene rings is 1. The normalized spacial score (nSPS) is 17.9. The van der Waals surface area contributed by atoms with Crippen LogP contribution in [0.15, 0.2) is 36.4 Å². The molecule has 0 radical (unpaired) electrons. The van der Waals surface area contributed by atoms with Gasteiger partial charge < -0.3 is 9.47 Å². The van der Waals surface area contributed by atoms with Gasteiger partial charge in [-0.3, -0.25) is 4.79 Å². The van der Waals surface area contributed by atoms with Crippen molar-refractivity contribution in [2.45, 2.75) is 45.6 Å². The molecule has 1 saturated heterocycles. The first-order chi connectivity index (χ1) is 16.7. The molecule has 1 atom stereocenters. The van der Waals surface area contributed by atoms with Gasteiger partial charge >= 0.3 is 0 Å². The van der Waals surface area contributed by atoms with Gasteiger partial charge in [0.15, 0.2) is 0 Å². The van der Waals surface area contributed by atoms with Gasteiger partial charge in [0.05, 0.1) is 17.3 Å². The van der Waals surface area contributed by atoms with Crippen molar-refractivity contribution in [3.63, 3.8) is 0 Å². The SMILES string of the molecule is CCc1cc(CC)c2c(C#N)c(C=CC(=O)N3CCSCC3)n(C3CCc4ccccc43)c2n1. The van der Waals surface area contributed by atoms with E-state index in [0.29, 0.717) is 5.56 Å². The highest BCUT2D eigenvalue weighted by atomic mass is 32.2. The number of hydrogen-bond donors (Lipinski definition) is 0. The quantitative estimate of drug-likeness (QED) is 0.484. The Morgan fingerprint density at radius 2 is 2.03 bits per heavy atom. The number of aromatic nitrogens is 2. The Morgan fingerprint density at radius 3 is 2.76 bits per heavy atom. The fourth-order valence-corrected chi connectivity index (χ4v) is 6.25. The molecule has 5 rings (SSSR count). The summed E-state index contributed by atoms with van der Waals surface area (Å²) in [5, 5.41) is 11.2. The predicted octanol–water partition coefficient (Wildman–Crippen LogP) is 5.16. The van der Waals surface area contributed by atoms with Crippen LogP contribution in [0, 0.1) is 11.3 Å². The lowest BCUT2D eigenvalue weighted by Gasteiger charge is -2.25. The van der Waals surface area contributed by atoms with Crippen LogP contribution in [-0.2, 0) is 24.1 Å². The van der Waals surface area contributed by atoms with Gasteiger partial charge in [-0.1, -0.05) is 38.1 Å². The zero-order chi connectivity index (χ0) is 23.7. The number of thioether (sulfide) groups is 1. The van der Waals surface area contributed by atoms with Gasteiger partial charge in [0.1, 0.15) is 11.7 Å². The lowest BCUT2D eigenvalue weighted by atomic mass is 10.0. The largest absolute Gasteiger partial charge is 0.338 e. The molecule has 3 heterocycles. The smallest absolute Gasteiger partial charge is 0.246 e. The van der Waals surface area contributed by atoms with Crippen molar-refractivity contribution < 1.29 is 4.79 Å². The first-order valence-electron chi connectivity index (χ1n) is 12.3. The van der Waals surface area contributed by atoms with Crippen molar-refractivity contribution in [2.24, 2.45) is 0 Å². The molecule has 0 N–H and O–H groups in total. The van der Waals surface area contributed by atoms with Crippen molar-refractivity contribution in [3.05, 3.63) is 70.0 Å². The lowest BCUT2D eigenvalue weighted by Crippen LogP contribution is -2.36. The molecular weight excluding hydrogens is 440 g/mol. The molecule has 174 valence electrons. The van der Waals surface area contributed by atoms with Gasteiger partial charge in [0, 0.05) is 41.8 Å². The van der Waals surface area contributed by atoms with Crippen LogP contribution in [0.5, 0.6) is 0 Å². The van der Waals surface area contributed by atoms with Crippen molar-refractivity contribution in [1.82, 2.24) is 14.5 Å². The zero-order valence-electron chi connectivity index (χ0n) is 19.9. The minimum atomic E-state index is 0.0192. The zero-order valence-corrected chi connectivity index (χ0v) is 20.7. The van der Waals surface area contributed by atoms with Gasteiger partial charge in [-0.15, -0.1) is 0 Å². The second-order valence-electron chi connectivity index (χ2n) is 8.94. The molecule has 1 aromatic carbocycles. The van der Waals surface area contributed by atoms with Crippen molar-refractivity contribution in [3.8, 4) is 6.07 Å².